The monoisotopic (exact) mass is 262 g/mol. The number of benzene rings is 1. The van der Waals surface area contributed by atoms with Crippen LogP contribution in [0, 0.1) is 11.3 Å². The Hall–Kier alpha value is -2.06. The van der Waals surface area contributed by atoms with Crippen LogP contribution in [0.5, 0.6) is 5.75 Å². The van der Waals surface area contributed by atoms with Crippen LogP contribution in [0.1, 0.15) is 25.3 Å². The van der Waals surface area contributed by atoms with Crippen molar-refractivity contribution in [2.45, 2.75) is 19.8 Å². The number of amides is 1. The molecule has 1 rings (SSSR count). The van der Waals surface area contributed by atoms with Crippen molar-refractivity contribution in [3.05, 3.63) is 23.8 Å². The zero-order valence-corrected chi connectivity index (χ0v) is 11.2. The second-order valence-electron chi connectivity index (χ2n) is 3.84. The van der Waals surface area contributed by atoms with Crippen LogP contribution >= 0.6 is 0 Å². The van der Waals surface area contributed by atoms with Gasteiger partial charge < -0.3 is 14.8 Å². The van der Waals surface area contributed by atoms with Gasteiger partial charge in [-0.05, 0) is 25.5 Å². The maximum absolute atomic E-state index is 11.8. The van der Waals surface area contributed by atoms with Crippen LogP contribution in [0.4, 0.5) is 5.69 Å². The number of para-hydroxylation sites is 1. The minimum Gasteiger partial charge on any atom is -0.495 e. The molecular formula is C14H18N2O3. The van der Waals surface area contributed by atoms with Gasteiger partial charge >= 0.3 is 0 Å². The fourth-order valence-electron chi connectivity index (χ4n) is 1.60. The average Bonchev–Trinajstić information content (AvgIpc) is 2.43. The summed E-state index contributed by atoms with van der Waals surface area (Å²) in [5, 5.41) is 11.7. The van der Waals surface area contributed by atoms with E-state index < -0.39 is 0 Å². The van der Waals surface area contributed by atoms with Crippen LogP contribution in [0.25, 0.3) is 0 Å². The van der Waals surface area contributed by atoms with Crippen molar-refractivity contribution in [3.63, 3.8) is 0 Å². The summed E-state index contributed by atoms with van der Waals surface area (Å²) in [6, 6.07) is 7.09. The summed E-state index contributed by atoms with van der Waals surface area (Å²) in [5.41, 5.74) is 0.811. The first-order valence-electron chi connectivity index (χ1n) is 6.17. The van der Waals surface area contributed by atoms with Gasteiger partial charge in [0.1, 0.15) is 17.5 Å². The van der Waals surface area contributed by atoms with Gasteiger partial charge in [-0.1, -0.05) is 6.07 Å². The van der Waals surface area contributed by atoms with E-state index in [1.165, 1.54) is 7.11 Å². The molecule has 0 aliphatic rings. The molecule has 1 N–H and O–H groups in total. The zero-order chi connectivity index (χ0) is 14.1. The van der Waals surface area contributed by atoms with Gasteiger partial charge in [-0.25, -0.2) is 0 Å². The number of hydrogen-bond donors (Lipinski definition) is 1. The van der Waals surface area contributed by atoms with Crippen LogP contribution < -0.4 is 10.1 Å². The van der Waals surface area contributed by atoms with Crippen molar-refractivity contribution in [1.82, 2.24) is 0 Å². The van der Waals surface area contributed by atoms with Gasteiger partial charge in [0.15, 0.2) is 0 Å². The van der Waals surface area contributed by atoms with Crippen molar-refractivity contribution < 1.29 is 14.3 Å². The van der Waals surface area contributed by atoms with Crippen molar-refractivity contribution in [1.29, 1.82) is 5.26 Å². The first-order chi connectivity index (χ1) is 9.22. The molecule has 0 unspecified atom stereocenters. The Labute approximate surface area is 113 Å². The standard InChI is InChI=1S/C14H18N2O3/c1-3-19-9-5-8-13(17)16-14-11(10-15)6-4-7-12(14)18-2/h4,6-7H,3,5,8-9H2,1-2H3,(H,16,17). The Morgan fingerprint density at radius 3 is 2.89 bits per heavy atom. The maximum Gasteiger partial charge on any atom is 0.224 e. The highest BCUT2D eigenvalue weighted by Gasteiger charge is 2.11. The Morgan fingerprint density at radius 1 is 1.47 bits per heavy atom. The summed E-state index contributed by atoms with van der Waals surface area (Å²) in [6.07, 6.45) is 1.000. The van der Waals surface area contributed by atoms with E-state index in [1.54, 1.807) is 18.2 Å². The molecule has 0 aliphatic heterocycles. The van der Waals surface area contributed by atoms with Crippen LogP contribution in [-0.4, -0.2) is 26.2 Å². The lowest BCUT2D eigenvalue weighted by Gasteiger charge is -2.11. The van der Waals surface area contributed by atoms with Gasteiger partial charge in [-0.3, -0.25) is 4.79 Å². The number of methoxy groups -OCH3 is 1. The van der Waals surface area contributed by atoms with Crippen molar-refractivity contribution >= 4 is 11.6 Å². The van der Waals surface area contributed by atoms with Gasteiger partial charge in [0.05, 0.1) is 12.7 Å². The van der Waals surface area contributed by atoms with Gasteiger partial charge in [0.2, 0.25) is 5.91 Å². The van der Waals surface area contributed by atoms with Crippen molar-refractivity contribution in [3.8, 4) is 11.8 Å². The smallest absolute Gasteiger partial charge is 0.224 e. The third-order valence-corrected chi connectivity index (χ3v) is 2.53. The fourth-order valence-corrected chi connectivity index (χ4v) is 1.60. The highest BCUT2D eigenvalue weighted by Crippen LogP contribution is 2.27. The first kappa shape index (κ1) is 15.0. The molecule has 0 fully saturated rings. The Kier molecular flexibility index (Phi) is 6.41. The van der Waals surface area contributed by atoms with E-state index in [9.17, 15) is 4.79 Å². The summed E-state index contributed by atoms with van der Waals surface area (Å²) in [6.45, 7) is 3.11. The number of carbonyl (C=O) groups excluding carboxylic acids is 1. The normalized spacial score (nSPS) is 9.74. The van der Waals surface area contributed by atoms with Gasteiger partial charge in [-0.15, -0.1) is 0 Å². The average molecular weight is 262 g/mol. The molecule has 0 aliphatic carbocycles. The number of carbonyl (C=O) groups is 1. The molecular weight excluding hydrogens is 244 g/mol. The van der Waals surface area contributed by atoms with Crippen molar-refractivity contribution in [2.75, 3.05) is 25.6 Å². The lowest BCUT2D eigenvalue weighted by atomic mass is 10.1. The van der Waals surface area contributed by atoms with Gasteiger partial charge in [-0.2, -0.15) is 5.26 Å². The predicted molar refractivity (Wildman–Crippen MR) is 72.1 cm³/mol. The SMILES string of the molecule is CCOCCCC(=O)Nc1c(C#N)cccc1OC. The molecule has 0 saturated carbocycles. The number of ether oxygens (including phenoxy) is 2. The van der Waals surface area contributed by atoms with E-state index in [2.05, 4.69) is 5.32 Å². The number of hydrogen-bond acceptors (Lipinski definition) is 4. The number of nitrogens with one attached hydrogen (secondary N) is 1. The largest absolute Gasteiger partial charge is 0.495 e. The maximum atomic E-state index is 11.8. The first-order valence-corrected chi connectivity index (χ1v) is 6.17. The van der Waals surface area contributed by atoms with E-state index in [0.29, 0.717) is 43.1 Å². The third-order valence-electron chi connectivity index (χ3n) is 2.53. The van der Waals surface area contributed by atoms with Gasteiger partial charge in [0, 0.05) is 19.6 Å². The van der Waals surface area contributed by atoms with E-state index in [-0.39, 0.29) is 5.91 Å². The highest BCUT2D eigenvalue weighted by atomic mass is 16.5. The molecule has 0 spiro atoms. The molecule has 102 valence electrons. The second kappa shape index (κ2) is 8.11. The van der Waals surface area contributed by atoms with E-state index in [1.807, 2.05) is 13.0 Å². The zero-order valence-electron chi connectivity index (χ0n) is 11.2. The molecule has 1 aromatic rings. The molecule has 0 bridgehead atoms. The summed E-state index contributed by atoms with van der Waals surface area (Å²) >= 11 is 0. The quantitative estimate of drug-likeness (QED) is 0.765. The van der Waals surface area contributed by atoms with Gasteiger partial charge in [0.25, 0.3) is 0 Å². The highest BCUT2D eigenvalue weighted by molar-refractivity contribution is 5.93. The van der Waals surface area contributed by atoms with Crippen LogP contribution in [0.3, 0.4) is 0 Å². The van der Waals surface area contributed by atoms with Crippen molar-refractivity contribution in [2.24, 2.45) is 0 Å². The van der Waals surface area contributed by atoms with E-state index in [0.717, 1.165) is 0 Å². The Morgan fingerprint density at radius 2 is 2.26 bits per heavy atom. The minimum atomic E-state index is -0.152. The molecule has 1 aromatic carbocycles. The number of nitrogens with zero attached hydrogens (tertiary/aromatic N) is 1. The second-order valence-corrected chi connectivity index (χ2v) is 3.84. The minimum absolute atomic E-state index is 0.152. The summed E-state index contributed by atoms with van der Waals surface area (Å²) in [4.78, 5) is 11.8. The number of nitriles is 1. The third kappa shape index (κ3) is 4.60. The molecule has 0 heterocycles. The lowest BCUT2D eigenvalue weighted by molar-refractivity contribution is -0.116. The molecule has 0 aromatic heterocycles. The van der Waals surface area contributed by atoms with E-state index in [4.69, 9.17) is 14.7 Å². The summed E-state index contributed by atoms with van der Waals surface area (Å²) in [5.74, 6) is 0.331. The van der Waals surface area contributed by atoms with E-state index >= 15 is 0 Å². The molecule has 5 nitrogen and oxygen atoms in total. The Balaban J connectivity index is 2.65. The topological polar surface area (TPSA) is 71.3 Å². The van der Waals surface area contributed by atoms with Crippen LogP contribution in [0.2, 0.25) is 0 Å². The molecule has 0 atom stereocenters. The summed E-state index contributed by atoms with van der Waals surface area (Å²) < 4.78 is 10.3. The predicted octanol–water partition coefficient (Wildman–Crippen LogP) is 2.32. The Bertz CT molecular complexity index is 466. The molecule has 0 radical (unpaired) electrons. The number of rotatable bonds is 7. The fraction of sp³-hybridized carbons (Fsp3) is 0.429. The van der Waals surface area contributed by atoms with Crippen LogP contribution in [-0.2, 0) is 9.53 Å². The molecule has 0 saturated heterocycles. The molecule has 5 heteroatoms. The summed E-state index contributed by atoms with van der Waals surface area (Å²) in [7, 11) is 1.50. The van der Waals surface area contributed by atoms with Crippen LogP contribution in [0.15, 0.2) is 18.2 Å². The lowest BCUT2D eigenvalue weighted by Crippen LogP contribution is -2.14. The molecule has 19 heavy (non-hydrogen) atoms. The number of anilines is 1. The molecule has 1 amide bonds.